The molecular formula is C12H16O2Si. The van der Waals surface area contributed by atoms with Crippen molar-refractivity contribution in [2.45, 2.75) is 33.5 Å². The van der Waals surface area contributed by atoms with Crippen LogP contribution in [0.1, 0.15) is 13.8 Å². The zero-order valence-electron chi connectivity index (χ0n) is 9.89. The molecule has 0 aliphatic rings. The number of ketones is 2. The van der Waals surface area contributed by atoms with Gasteiger partial charge in [0.05, 0.1) is 0 Å². The Kier molecular flexibility index (Phi) is 5.04. The monoisotopic (exact) mass is 220 g/mol. The maximum absolute atomic E-state index is 11.0. The smallest absolute Gasteiger partial charge is 0.152 e. The average Bonchev–Trinajstić information content (AvgIpc) is 2.00. The van der Waals surface area contributed by atoms with Crippen molar-refractivity contribution in [1.29, 1.82) is 0 Å². The van der Waals surface area contributed by atoms with Crippen LogP contribution in [0.5, 0.6) is 0 Å². The summed E-state index contributed by atoms with van der Waals surface area (Å²) in [6.07, 6.45) is 0. The molecule has 0 N–H and O–H groups in total. The van der Waals surface area contributed by atoms with Crippen molar-refractivity contribution in [2.24, 2.45) is 5.92 Å². The molecule has 0 radical (unpaired) electrons. The molecule has 0 atom stereocenters. The van der Waals surface area contributed by atoms with Gasteiger partial charge in [0.15, 0.2) is 11.6 Å². The summed E-state index contributed by atoms with van der Waals surface area (Å²) in [4.78, 5) is 22.0. The fourth-order valence-corrected chi connectivity index (χ4v) is 1.25. The minimum Gasteiger partial charge on any atom is -0.298 e. The van der Waals surface area contributed by atoms with Crippen LogP contribution in [0, 0.1) is 29.2 Å². The predicted octanol–water partition coefficient (Wildman–Crippen LogP) is 1.66. The highest BCUT2D eigenvalue weighted by Crippen LogP contribution is 1.98. The van der Waals surface area contributed by atoms with E-state index in [0.29, 0.717) is 0 Å². The van der Waals surface area contributed by atoms with Gasteiger partial charge in [-0.05, 0) is 25.7 Å². The molecule has 0 unspecified atom stereocenters. The molecule has 2 nitrogen and oxygen atoms in total. The van der Waals surface area contributed by atoms with E-state index in [9.17, 15) is 9.59 Å². The van der Waals surface area contributed by atoms with Crippen molar-refractivity contribution in [3.05, 3.63) is 0 Å². The maximum Gasteiger partial charge on any atom is 0.152 e. The standard InChI is InChI=1S/C12H16O2Si/c1-10(13)12(11(2)14)8-6-7-9-15(3,4)5/h12H,1-5H3. The van der Waals surface area contributed by atoms with Crippen LogP contribution in [0.25, 0.3) is 0 Å². The van der Waals surface area contributed by atoms with Crippen molar-refractivity contribution >= 4 is 19.6 Å². The molecule has 0 spiro atoms. The first-order valence-corrected chi connectivity index (χ1v) is 8.27. The Bertz CT molecular complexity index is 366. The Balaban J connectivity index is 4.69. The Morgan fingerprint density at radius 2 is 1.47 bits per heavy atom. The zero-order valence-corrected chi connectivity index (χ0v) is 10.9. The molecule has 0 rings (SSSR count). The molecule has 0 aromatic rings. The third-order valence-corrected chi connectivity index (χ3v) is 2.40. The van der Waals surface area contributed by atoms with E-state index < -0.39 is 14.0 Å². The van der Waals surface area contributed by atoms with Gasteiger partial charge in [-0.15, -0.1) is 5.54 Å². The number of carbonyl (C=O) groups excluding carboxylic acids is 2. The first-order chi connectivity index (χ1) is 6.74. The van der Waals surface area contributed by atoms with Gasteiger partial charge in [0.25, 0.3) is 0 Å². The van der Waals surface area contributed by atoms with E-state index >= 15 is 0 Å². The normalized spacial score (nSPS) is 9.73. The quantitative estimate of drug-likeness (QED) is 0.403. The van der Waals surface area contributed by atoms with Gasteiger partial charge in [0, 0.05) is 0 Å². The number of hydrogen-bond acceptors (Lipinski definition) is 2. The van der Waals surface area contributed by atoms with Gasteiger partial charge in [-0.2, -0.15) is 0 Å². The summed E-state index contributed by atoms with van der Waals surface area (Å²) in [7, 11) is -1.42. The zero-order chi connectivity index (χ0) is 12.1. The van der Waals surface area contributed by atoms with Crippen LogP contribution in [0.15, 0.2) is 0 Å². The van der Waals surface area contributed by atoms with Gasteiger partial charge in [-0.3, -0.25) is 9.59 Å². The second-order valence-corrected chi connectivity index (χ2v) is 9.17. The predicted molar refractivity (Wildman–Crippen MR) is 63.8 cm³/mol. The van der Waals surface area contributed by atoms with Gasteiger partial charge >= 0.3 is 0 Å². The van der Waals surface area contributed by atoms with Crippen LogP contribution in [-0.4, -0.2) is 19.6 Å². The Morgan fingerprint density at radius 3 is 1.80 bits per heavy atom. The van der Waals surface area contributed by atoms with Crippen molar-refractivity contribution in [1.82, 2.24) is 0 Å². The molecule has 80 valence electrons. The lowest BCUT2D eigenvalue weighted by Crippen LogP contribution is -2.17. The molecule has 0 aromatic carbocycles. The molecule has 0 amide bonds. The van der Waals surface area contributed by atoms with Gasteiger partial charge in [-0.1, -0.05) is 25.6 Å². The second kappa shape index (κ2) is 5.53. The van der Waals surface area contributed by atoms with E-state index in [2.05, 4.69) is 42.9 Å². The first kappa shape index (κ1) is 13.7. The molecule has 0 bridgehead atoms. The van der Waals surface area contributed by atoms with E-state index in [1.807, 2.05) is 0 Å². The van der Waals surface area contributed by atoms with Crippen molar-refractivity contribution in [3.63, 3.8) is 0 Å². The van der Waals surface area contributed by atoms with Gasteiger partial charge in [-0.25, -0.2) is 0 Å². The topological polar surface area (TPSA) is 34.1 Å². The average molecular weight is 220 g/mol. The Labute approximate surface area is 92.5 Å². The largest absolute Gasteiger partial charge is 0.298 e. The highest BCUT2D eigenvalue weighted by Gasteiger charge is 2.15. The molecule has 0 saturated heterocycles. The summed E-state index contributed by atoms with van der Waals surface area (Å²) in [5, 5.41) is 0. The fourth-order valence-electron chi connectivity index (χ4n) is 0.817. The van der Waals surface area contributed by atoms with Crippen LogP contribution in [-0.2, 0) is 9.59 Å². The van der Waals surface area contributed by atoms with Crippen molar-refractivity contribution in [3.8, 4) is 23.3 Å². The lowest BCUT2D eigenvalue weighted by Gasteiger charge is -2.01. The summed E-state index contributed by atoms with van der Waals surface area (Å²) in [6.45, 7) is 9.05. The minimum absolute atomic E-state index is 0.218. The Hall–Kier alpha value is -1.32. The van der Waals surface area contributed by atoms with Crippen LogP contribution in [0.3, 0.4) is 0 Å². The minimum atomic E-state index is -1.42. The SMILES string of the molecule is CC(=O)C(C#CC#C[Si](C)(C)C)C(C)=O. The van der Waals surface area contributed by atoms with Crippen LogP contribution < -0.4 is 0 Å². The highest BCUT2D eigenvalue weighted by atomic mass is 28.3. The van der Waals surface area contributed by atoms with Crippen LogP contribution in [0.2, 0.25) is 19.6 Å². The summed E-state index contributed by atoms with van der Waals surface area (Å²) in [5.41, 5.74) is 3.05. The maximum atomic E-state index is 11.0. The molecular weight excluding hydrogens is 204 g/mol. The van der Waals surface area contributed by atoms with E-state index in [1.165, 1.54) is 13.8 Å². The number of carbonyl (C=O) groups is 2. The fraction of sp³-hybridized carbons (Fsp3) is 0.500. The van der Waals surface area contributed by atoms with Crippen molar-refractivity contribution in [2.75, 3.05) is 0 Å². The molecule has 0 aliphatic heterocycles. The molecule has 0 fully saturated rings. The lowest BCUT2D eigenvalue weighted by atomic mass is 10.0. The molecule has 15 heavy (non-hydrogen) atoms. The molecule has 0 aromatic heterocycles. The highest BCUT2D eigenvalue weighted by molar-refractivity contribution is 6.83. The second-order valence-electron chi connectivity index (χ2n) is 4.42. The molecule has 0 saturated carbocycles. The summed E-state index contributed by atoms with van der Waals surface area (Å²) >= 11 is 0. The summed E-state index contributed by atoms with van der Waals surface area (Å²) in [5.74, 6) is 6.65. The third kappa shape index (κ3) is 6.71. The lowest BCUT2D eigenvalue weighted by molar-refractivity contribution is -0.127. The van der Waals surface area contributed by atoms with E-state index in [0.717, 1.165) is 0 Å². The Morgan fingerprint density at radius 1 is 1.00 bits per heavy atom. The third-order valence-electron chi connectivity index (χ3n) is 1.53. The van der Waals surface area contributed by atoms with E-state index in [4.69, 9.17) is 0 Å². The summed E-state index contributed by atoms with van der Waals surface area (Å²) in [6, 6.07) is 0. The number of Topliss-reactive ketones (excluding diaryl/α,β-unsaturated/α-hetero) is 2. The number of hydrogen-bond donors (Lipinski definition) is 0. The molecule has 3 heteroatoms. The van der Waals surface area contributed by atoms with E-state index in [-0.39, 0.29) is 11.6 Å². The van der Waals surface area contributed by atoms with Gasteiger partial charge in [0.1, 0.15) is 14.0 Å². The first-order valence-electron chi connectivity index (χ1n) is 4.77. The van der Waals surface area contributed by atoms with Gasteiger partial charge in [0.2, 0.25) is 0 Å². The van der Waals surface area contributed by atoms with Gasteiger partial charge < -0.3 is 0 Å². The van der Waals surface area contributed by atoms with Crippen molar-refractivity contribution < 1.29 is 9.59 Å². The molecule has 0 aliphatic carbocycles. The van der Waals surface area contributed by atoms with Crippen LogP contribution in [0.4, 0.5) is 0 Å². The van der Waals surface area contributed by atoms with E-state index in [1.54, 1.807) is 0 Å². The molecule has 0 heterocycles. The summed E-state index contributed by atoms with van der Waals surface area (Å²) < 4.78 is 0. The van der Waals surface area contributed by atoms with Crippen LogP contribution >= 0.6 is 0 Å². The number of rotatable bonds is 2.